The van der Waals surface area contributed by atoms with E-state index in [1.807, 2.05) is 0 Å². The molecule has 4 aliphatic rings. The molecule has 6 rings (SSSR count). The lowest BCUT2D eigenvalue weighted by Gasteiger charge is -2.63. The Morgan fingerprint density at radius 1 is 1.00 bits per heavy atom. The minimum Gasteiger partial charge on any atom is -0.325 e. The monoisotopic (exact) mass is 368 g/mol. The van der Waals surface area contributed by atoms with Gasteiger partial charge in [-0.05, 0) is 24.0 Å². The quantitative estimate of drug-likeness (QED) is 0.602. The molecule has 0 aromatic heterocycles. The van der Waals surface area contributed by atoms with E-state index < -0.39 is 0 Å². The first-order valence-corrected chi connectivity index (χ1v) is 10.6. The summed E-state index contributed by atoms with van der Waals surface area (Å²) in [5, 5.41) is 10.2. The predicted molar refractivity (Wildman–Crippen MR) is 112 cm³/mol. The summed E-state index contributed by atoms with van der Waals surface area (Å²) in [6, 6.07) is 17.9. The SMILES string of the molecule is CCC12C=CC1(CC)C1SC(C#N)=C3c4ccccc4-c4cccc2c4N31. The summed E-state index contributed by atoms with van der Waals surface area (Å²) in [5.74, 6) is 0. The smallest absolute Gasteiger partial charge is 0.111 e. The van der Waals surface area contributed by atoms with Crippen molar-refractivity contribution in [2.45, 2.75) is 37.5 Å². The number of hydrogen-bond acceptors (Lipinski definition) is 3. The number of thioether (sulfide) groups is 1. The molecule has 2 aromatic carbocycles. The van der Waals surface area contributed by atoms with E-state index >= 15 is 0 Å². The second-order valence-electron chi connectivity index (χ2n) is 7.93. The van der Waals surface area contributed by atoms with E-state index in [4.69, 9.17) is 0 Å². The maximum Gasteiger partial charge on any atom is 0.111 e. The molecule has 2 nitrogen and oxygen atoms in total. The summed E-state index contributed by atoms with van der Waals surface area (Å²) >= 11 is 1.78. The van der Waals surface area contributed by atoms with Gasteiger partial charge in [0.15, 0.2) is 0 Å². The lowest BCUT2D eigenvalue weighted by Crippen LogP contribution is -2.62. The Morgan fingerprint density at radius 3 is 2.44 bits per heavy atom. The Hall–Kier alpha value is -2.44. The van der Waals surface area contributed by atoms with Crippen LogP contribution in [0.5, 0.6) is 0 Å². The normalized spacial score (nSPS) is 31.0. The molecule has 0 amide bonds. The van der Waals surface area contributed by atoms with Crippen LogP contribution in [0.15, 0.2) is 59.5 Å². The van der Waals surface area contributed by atoms with Crippen molar-refractivity contribution in [2.75, 3.05) is 4.90 Å². The molecule has 3 unspecified atom stereocenters. The van der Waals surface area contributed by atoms with Gasteiger partial charge in [0.25, 0.3) is 0 Å². The van der Waals surface area contributed by atoms with Crippen LogP contribution in [0.3, 0.4) is 0 Å². The average Bonchev–Trinajstić information content (AvgIpc) is 3.09. The number of allylic oxidation sites excluding steroid dienone is 2. The van der Waals surface area contributed by atoms with Gasteiger partial charge in [0.05, 0.1) is 16.8 Å². The molecule has 0 fully saturated rings. The van der Waals surface area contributed by atoms with Crippen molar-refractivity contribution < 1.29 is 0 Å². The highest BCUT2D eigenvalue weighted by atomic mass is 32.2. The predicted octanol–water partition coefficient (Wildman–Crippen LogP) is 6.07. The topological polar surface area (TPSA) is 27.0 Å². The van der Waals surface area contributed by atoms with E-state index in [-0.39, 0.29) is 16.2 Å². The average molecular weight is 369 g/mol. The first-order chi connectivity index (χ1) is 13.2. The highest BCUT2D eigenvalue weighted by molar-refractivity contribution is 8.04. The molecular weight excluding hydrogens is 348 g/mol. The first-order valence-electron chi connectivity index (χ1n) is 9.76. The third kappa shape index (κ3) is 1.46. The molecule has 3 heterocycles. The molecule has 27 heavy (non-hydrogen) atoms. The van der Waals surface area contributed by atoms with Gasteiger partial charge in [-0.2, -0.15) is 5.26 Å². The van der Waals surface area contributed by atoms with Gasteiger partial charge in [0.2, 0.25) is 0 Å². The molecular formula is C24H20N2S. The number of nitriles is 1. The molecule has 0 bridgehead atoms. The molecule has 132 valence electrons. The molecule has 0 saturated heterocycles. The van der Waals surface area contributed by atoms with Crippen molar-refractivity contribution in [2.24, 2.45) is 5.41 Å². The maximum absolute atomic E-state index is 9.98. The molecule has 0 spiro atoms. The Balaban J connectivity index is 1.79. The third-order valence-electron chi connectivity index (χ3n) is 7.33. The van der Waals surface area contributed by atoms with Crippen molar-refractivity contribution in [3.05, 3.63) is 70.6 Å². The number of hydrogen-bond donors (Lipinski definition) is 0. The van der Waals surface area contributed by atoms with Gasteiger partial charge in [-0.25, -0.2) is 0 Å². The summed E-state index contributed by atoms with van der Waals surface area (Å²) in [5.41, 5.74) is 7.83. The molecule has 3 heteroatoms. The van der Waals surface area contributed by atoms with Crippen LogP contribution >= 0.6 is 11.8 Å². The minimum atomic E-state index is 0.0730. The van der Waals surface area contributed by atoms with E-state index in [1.54, 1.807) is 11.8 Å². The molecule has 1 aliphatic carbocycles. The van der Waals surface area contributed by atoms with E-state index in [2.05, 4.69) is 79.4 Å². The first kappa shape index (κ1) is 15.6. The van der Waals surface area contributed by atoms with E-state index in [0.29, 0.717) is 0 Å². The summed E-state index contributed by atoms with van der Waals surface area (Å²) in [6.07, 6.45) is 7.05. The number of nitrogens with zero attached hydrogens (tertiary/aromatic N) is 2. The van der Waals surface area contributed by atoms with Gasteiger partial charge < -0.3 is 4.90 Å². The van der Waals surface area contributed by atoms with Gasteiger partial charge in [-0.1, -0.05) is 80.2 Å². The Morgan fingerprint density at radius 2 is 1.78 bits per heavy atom. The zero-order valence-electron chi connectivity index (χ0n) is 15.5. The third-order valence-corrected chi connectivity index (χ3v) is 8.71. The summed E-state index contributed by atoms with van der Waals surface area (Å²) in [4.78, 5) is 3.38. The molecule has 0 saturated carbocycles. The molecule has 3 aliphatic heterocycles. The molecule has 2 aromatic rings. The Bertz CT molecular complexity index is 1120. The van der Waals surface area contributed by atoms with Crippen molar-refractivity contribution >= 4 is 23.1 Å². The number of para-hydroxylation sites is 1. The van der Waals surface area contributed by atoms with Crippen LogP contribution in [-0.2, 0) is 5.41 Å². The second-order valence-corrected chi connectivity index (χ2v) is 9.02. The van der Waals surface area contributed by atoms with Crippen LogP contribution in [0.2, 0.25) is 0 Å². The number of rotatable bonds is 2. The van der Waals surface area contributed by atoms with Crippen LogP contribution in [0.25, 0.3) is 16.8 Å². The van der Waals surface area contributed by atoms with Gasteiger partial charge in [0, 0.05) is 22.0 Å². The highest BCUT2D eigenvalue weighted by Gasteiger charge is 2.65. The number of fused-ring (bicyclic) bond motifs is 6. The molecule has 0 N–H and O–H groups in total. The van der Waals surface area contributed by atoms with Crippen LogP contribution in [0.4, 0.5) is 5.69 Å². The zero-order valence-corrected chi connectivity index (χ0v) is 16.3. The zero-order chi connectivity index (χ0) is 18.4. The lowest BCUT2D eigenvalue weighted by molar-refractivity contribution is 0.155. The summed E-state index contributed by atoms with van der Waals surface area (Å²) < 4.78 is 0. The van der Waals surface area contributed by atoms with Gasteiger partial charge in [-0.15, -0.1) is 0 Å². The van der Waals surface area contributed by atoms with E-state index in [0.717, 1.165) is 23.4 Å². The lowest BCUT2D eigenvalue weighted by atomic mass is 9.47. The van der Waals surface area contributed by atoms with Gasteiger partial charge >= 0.3 is 0 Å². The number of anilines is 1. The van der Waals surface area contributed by atoms with Crippen LogP contribution in [-0.4, -0.2) is 5.37 Å². The minimum absolute atomic E-state index is 0.0730. The van der Waals surface area contributed by atoms with E-state index in [1.165, 1.54) is 27.9 Å². The van der Waals surface area contributed by atoms with Crippen molar-refractivity contribution in [1.29, 1.82) is 5.26 Å². The highest BCUT2D eigenvalue weighted by Crippen LogP contribution is 2.72. The summed E-state index contributed by atoms with van der Waals surface area (Å²) in [6.45, 7) is 4.63. The fraction of sp³-hybridized carbons (Fsp3) is 0.292. The Kier molecular flexibility index (Phi) is 2.82. The maximum atomic E-state index is 9.98. The fourth-order valence-electron chi connectivity index (χ4n) is 6.03. The van der Waals surface area contributed by atoms with E-state index in [9.17, 15) is 5.26 Å². The Labute approximate surface area is 164 Å². The largest absolute Gasteiger partial charge is 0.325 e. The van der Waals surface area contributed by atoms with Crippen LogP contribution in [0.1, 0.15) is 37.8 Å². The second kappa shape index (κ2) is 4.88. The van der Waals surface area contributed by atoms with Gasteiger partial charge in [-0.3, -0.25) is 0 Å². The molecule has 3 atom stereocenters. The number of benzene rings is 2. The molecule has 0 radical (unpaired) electrons. The van der Waals surface area contributed by atoms with Crippen LogP contribution in [0, 0.1) is 16.7 Å². The van der Waals surface area contributed by atoms with Crippen LogP contribution < -0.4 is 4.90 Å². The van der Waals surface area contributed by atoms with Crippen molar-refractivity contribution in [3.63, 3.8) is 0 Å². The standard InChI is InChI=1S/C24H20N2S/c1-3-23-12-13-24(23,4-2)22-26-20-16(10-7-11-18(20)23)15-8-5-6-9-17(15)21(26)19(14-25)27-22/h5-13,22H,3-4H2,1-2H3. The van der Waals surface area contributed by atoms with Gasteiger partial charge in [0.1, 0.15) is 11.0 Å². The summed E-state index contributed by atoms with van der Waals surface area (Å²) in [7, 11) is 0. The fourth-order valence-corrected chi connectivity index (χ4v) is 7.61. The van der Waals surface area contributed by atoms with Crippen molar-refractivity contribution in [1.82, 2.24) is 0 Å². The van der Waals surface area contributed by atoms with Crippen molar-refractivity contribution in [3.8, 4) is 17.2 Å².